The first-order valence-corrected chi connectivity index (χ1v) is 10.1. The van der Waals surface area contributed by atoms with E-state index in [4.69, 9.17) is 0 Å². The van der Waals surface area contributed by atoms with Crippen LogP contribution in [0, 0.1) is 5.92 Å². The van der Waals surface area contributed by atoms with Crippen LogP contribution in [-0.2, 0) is 17.8 Å². The lowest BCUT2D eigenvalue weighted by Gasteiger charge is -2.23. The van der Waals surface area contributed by atoms with E-state index in [0.29, 0.717) is 18.2 Å². The molecule has 1 atom stereocenters. The highest BCUT2D eigenvalue weighted by atomic mass is 19.3. The van der Waals surface area contributed by atoms with Crippen LogP contribution in [0.15, 0.2) is 36.8 Å². The van der Waals surface area contributed by atoms with Crippen molar-refractivity contribution in [1.82, 2.24) is 24.6 Å². The Labute approximate surface area is 166 Å². The van der Waals surface area contributed by atoms with Crippen molar-refractivity contribution in [3.8, 4) is 0 Å². The lowest BCUT2D eigenvalue weighted by atomic mass is 10.1. The van der Waals surface area contributed by atoms with Gasteiger partial charge in [-0.15, -0.1) is 10.2 Å². The average molecular weight is 399 g/mol. The number of likely N-dealkylation sites (tertiary alicyclic amines) is 1. The fraction of sp³-hybridized carbons (Fsp3) is 0.476. The van der Waals surface area contributed by atoms with E-state index in [-0.39, 0.29) is 12.3 Å². The summed E-state index contributed by atoms with van der Waals surface area (Å²) in [6, 6.07) is 7.15. The number of hydrogen-bond donors (Lipinski definition) is 1. The van der Waals surface area contributed by atoms with Crippen LogP contribution in [0.2, 0.25) is 0 Å². The van der Waals surface area contributed by atoms with Gasteiger partial charge in [0.05, 0.1) is 12.6 Å². The predicted octanol–water partition coefficient (Wildman–Crippen LogP) is 3.71. The first-order chi connectivity index (χ1) is 14.0. The number of carbonyl (C=O) groups excluding carboxylic acids is 1. The van der Waals surface area contributed by atoms with E-state index in [0.717, 1.165) is 35.9 Å². The van der Waals surface area contributed by atoms with Crippen molar-refractivity contribution in [3.63, 3.8) is 0 Å². The monoisotopic (exact) mass is 399 g/mol. The Balaban J connectivity index is 1.33. The quantitative estimate of drug-likeness (QED) is 0.687. The number of para-hydroxylation sites is 1. The Morgan fingerprint density at radius 2 is 2.10 bits per heavy atom. The molecule has 6 nitrogen and oxygen atoms in total. The van der Waals surface area contributed by atoms with Gasteiger partial charge in [0.2, 0.25) is 5.91 Å². The maximum absolute atomic E-state index is 14.3. The largest absolute Gasteiger partial charge is 0.361 e. The van der Waals surface area contributed by atoms with Gasteiger partial charge in [0.1, 0.15) is 6.33 Å². The summed E-state index contributed by atoms with van der Waals surface area (Å²) in [5, 5.41) is 9.11. The Morgan fingerprint density at radius 1 is 1.28 bits per heavy atom. The molecule has 1 amide bonds. The van der Waals surface area contributed by atoms with E-state index in [9.17, 15) is 13.6 Å². The topological polar surface area (TPSA) is 66.8 Å². The minimum atomic E-state index is -2.91. The molecule has 1 aliphatic carbocycles. The molecule has 5 rings (SSSR count). The Hall–Kier alpha value is -2.77. The molecule has 3 heterocycles. The minimum absolute atomic E-state index is 0.186. The molecule has 0 radical (unpaired) electrons. The van der Waals surface area contributed by atoms with Crippen molar-refractivity contribution in [2.45, 2.75) is 50.6 Å². The predicted molar refractivity (Wildman–Crippen MR) is 103 cm³/mol. The number of aromatic nitrogens is 4. The second kappa shape index (κ2) is 6.93. The SMILES string of the molecule is O=C(CCc1c[nH]c2ccccc12)N1CC(F)(F)CC1c1nncn1CC1CC1. The van der Waals surface area contributed by atoms with Crippen molar-refractivity contribution in [1.29, 1.82) is 0 Å². The smallest absolute Gasteiger partial charge is 0.267 e. The number of aryl methyl sites for hydroxylation is 1. The summed E-state index contributed by atoms with van der Waals surface area (Å²) in [6.07, 6.45) is 6.07. The zero-order valence-corrected chi connectivity index (χ0v) is 16.0. The third-order valence-electron chi connectivity index (χ3n) is 5.97. The minimum Gasteiger partial charge on any atom is -0.361 e. The van der Waals surface area contributed by atoms with Gasteiger partial charge in [0.25, 0.3) is 5.92 Å². The van der Waals surface area contributed by atoms with Crippen LogP contribution >= 0.6 is 0 Å². The van der Waals surface area contributed by atoms with E-state index in [1.165, 1.54) is 4.90 Å². The van der Waals surface area contributed by atoms with Gasteiger partial charge in [-0.1, -0.05) is 18.2 Å². The molecule has 2 aromatic heterocycles. The Morgan fingerprint density at radius 3 is 2.93 bits per heavy atom. The number of alkyl halides is 2. The van der Waals surface area contributed by atoms with E-state index >= 15 is 0 Å². The number of nitrogens with zero attached hydrogens (tertiary/aromatic N) is 4. The highest BCUT2D eigenvalue weighted by Gasteiger charge is 2.49. The fourth-order valence-corrected chi connectivity index (χ4v) is 4.27. The molecule has 1 aliphatic heterocycles. The fourth-order valence-electron chi connectivity index (χ4n) is 4.27. The summed E-state index contributed by atoms with van der Waals surface area (Å²) in [5.74, 6) is -2.12. The van der Waals surface area contributed by atoms with Crippen LogP contribution in [-0.4, -0.2) is 43.0 Å². The normalized spacial score (nSPS) is 21.2. The molecule has 1 saturated heterocycles. The van der Waals surface area contributed by atoms with Gasteiger partial charge in [-0.25, -0.2) is 8.78 Å². The Bertz CT molecular complexity index is 1040. The molecule has 2 fully saturated rings. The Kier molecular flexibility index (Phi) is 4.37. The lowest BCUT2D eigenvalue weighted by molar-refractivity contribution is -0.133. The van der Waals surface area contributed by atoms with Crippen LogP contribution in [0.25, 0.3) is 10.9 Å². The standard InChI is InChI=1S/C21H23F2N5O/c22-21(23)9-18(20-26-25-13-27(20)11-14-5-6-14)28(12-21)19(29)8-7-15-10-24-17-4-2-1-3-16(15)17/h1-4,10,13-14,18,24H,5-9,11-12H2. The molecule has 0 spiro atoms. The molecule has 3 aromatic rings. The van der Waals surface area contributed by atoms with Gasteiger partial charge in [0, 0.05) is 36.5 Å². The molecule has 1 aromatic carbocycles. The number of aromatic amines is 1. The number of carbonyl (C=O) groups is 1. The number of nitrogens with one attached hydrogen (secondary N) is 1. The molecule has 8 heteroatoms. The van der Waals surface area contributed by atoms with Gasteiger partial charge in [0.15, 0.2) is 5.82 Å². The van der Waals surface area contributed by atoms with Gasteiger partial charge in [-0.05, 0) is 36.8 Å². The number of H-pyrrole nitrogens is 1. The molecular formula is C21H23F2N5O. The maximum Gasteiger partial charge on any atom is 0.267 e. The molecule has 152 valence electrons. The highest BCUT2D eigenvalue weighted by molar-refractivity contribution is 5.84. The number of benzene rings is 1. The number of amides is 1. The number of fused-ring (bicyclic) bond motifs is 1. The van der Waals surface area contributed by atoms with Crippen molar-refractivity contribution in [2.24, 2.45) is 5.92 Å². The van der Waals surface area contributed by atoms with Crippen LogP contribution < -0.4 is 0 Å². The third-order valence-corrected chi connectivity index (χ3v) is 5.97. The lowest BCUT2D eigenvalue weighted by Crippen LogP contribution is -2.34. The van der Waals surface area contributed by atoms with E-state index < -0.39 is 24.9 Å². The van der Waals surface area contributed by atoms with Crippen LogP contribution in [0.4, 0.5) is 8.78 Å². The summed E-state index contributed by atoms with van der Waals surface area (Å²) in [4.78, 5) is 17.4. The second-order valence-corrected chi connectivity index (χ2v) is 8.24. The highest BCUT2D eigenvalue weighted by Crippen LogP contribution is 2.41. The number of halogens is 2. The maximum atomic E-state index is 14.3. The summed E-state index contributed by atoms with van der Waals surface area (Å²) in [7, 11) is 0. The van der Waals surface area contributed by atoms with Gasteiger partial charge in [-0.3, -0.25) is 4.79 Å². The molecule has 1 N–H and O–H groups in total. The number of rotatable bonds is 6. The molecule has 1 unspecified atom stereocenters. The summed E-state index contributed by atoms with van der Waals surface area (Å²) < 4.78 is 30.4. The third kappa shape index (κ3) is 3.63. The van der Waals surface area contributed by atoms with Crippen LogP contribution in [0.3, 0.4) is 0 Å². The average Bonchev–Trinajstić information content (AvgIpc) is 3.11. The molecule has 1 saturated carbocycles. The second-order valence-electron chi connectivity index (χ2n) is 8.24. The summed E-state index contributed by atoms with van der Waals surface area (Å²) in [6.45, 7) is 0.183. The van der Waals surface area contributed by atoms with Crippen LogP contribution in [0.5, 0.6) is 0 Å². The van der Waals surface area contributed by atoms with E-state index in [1.807, 2.05) is 35.0 Å². The van der Waals surface area contributed by atoms with Gasteiger partial charge >= 0.3 is 0 Å². The first kappa shape index (κ1) is 18.3. The molecule has 2 aliphatic rings. The summed E-state index contributed by atoms with van der Waals surface area (Å²) >= 11 is 0. The molecular weight excluding hydrogens is 376 g/mol. The summed E-state index contributed by atoms with van der Waals surface area (Å²) in [5.41, 5.74) is 2.03. The molecule has 0 bridgehead atoms. The van der Waals surface area contributed by atoms with Crippen molar-refractivity contribution < 1.29 is 13.6 Å². The van der Waals surface area contributed by atoms with Gasteiger partial charge < -0.3 is 14.5 Å². The van der Waals surface area contributed by atoms with Crippen LogP contribution in [0.1, 0.15) is 43.1 Å². The van der Waals surface area contributed by atoms with E-state index in [1.54, 1.807) is 6.33 Å². The number of hydrogen-bond acceptors (Lipinski definition) is 3. The zero-order valence-electron chi connectivity index (χ0n) is 16.0. The van der Waals surface area contributed by atoms with Crippen molar-refractivity contribution in [2.75, 3.05) is 6.54 Å². The first-order valence-electron chi connectivity index (χ1n) is 10.1. The van der Waals surface area contributed by atoms with E-state index in [2.05, 4.69) is 15.2 Å². The molecule has 29 heavy (non-hydrogen) atoms. The van der Waals surface area contributed by atoms with Gasteiger partial charge in [-0.2, -0.15) is 0 Å². The van der Waals surface area contributed by atoms with Crippen molar-refractivity contribution >= 4 is 16.8 Å². The van der Waals surface area contributed by atoms with Crippen molar-refractivity contribution in [3.05, 3.63) is 48.2 Å². The zero-order chi connectivity index (χ0) is 20.0.